The molecule has 7 heteroatoms. The number of piperidine rings is 1. The number of benzene rings is 1. The van der Waals surface area contributed by atoms with Gasteiger partial charge in [0.1, 0.15) is 0 Å². The third-order valence-electron chi connectivity index (χ3n) is 4.91. The molecule has 3 rings (SSSR count). The van der Waals surface area contributed by atoms with Crippen LogP contribution in [0.5, 0.6) is 0 Å². The molecule has 1 N–H and O–H groups in total. The smallest absolute Gasteiger partial charge is 0.308 e. The van der Waals surface area contributed by atoms with Crippen molar-refractivity contribution in [1.82, 2.24) is 19.9 Å². The van der Waals surface area contributed by atoms with Crippen LogP contribution in [0.1, 0.15) is 41.5 Å². The van der Waals surface area contributed by atoms with E-state index in [0.29, 0.717) is 25.1 Å². The molecule has 0 bridgehead atoms. The van der Waals surface area contributed by atoms with Crippen LogP contribution in [0.25, 0.3) is 5.69 Å². The van der Waals surface area contributed by atoms with Gasteiger partial charge in [-0.05, 0) is 51.3 Å². The molecule has 1 aromatic heterocycles. The molecule has 7 nitrogen and oxygen atoms in total. The number of aromatic nitrogens is 3. The number of rotatable bonds is 3. The van der Waals surface area contributed by atoms with Crippen LogP contribution in [0.3, 0.4) is 0 Å². The molecule has 0 spiro atoms. The Bertz CT molecular complexity index is 814. The average Bonchev–Trinajstić information content (AvgIpc) is 2.95. The molecule has 0 radical (unpaired) electrons. The van der Waals surface area contributed by atoms with Gasteiger partial charge in [-0.25, -0.2) is 4.68 Å². The van der Waals surface area contributed by atoms with Gasteiger partial charge in [0.15, 0.2) is 5.69 Å². The van der Waals surface area contributed by atoms with E-state index in [1.54, 1.807) is 23.4 Å². The predicted molar refractivity (Wildman–Crippen MR) is 91.7 cm³/mol. The van der Waals surface area contributed by atoms with Crippen molar-refractivity contribution < 1.29 is 14.7 Å². The Morgan fingerprint density at radius 1 is 1.28 bits per heavy atom. The maximum Gasteiger partial charge on any atom is 0.308 e. The van der Waals surface area contributed by atoms with E-state index in [-0.39, 0.29) is 17.6 Å². The number of carboxylic acid groups (broad SMARTS) is 1. The second kappa shape index (κ2) is 6.66. The van der Waals surface area contributed by atoms with E-state index in [9.17, 15) is 14.7 Å². The summed E-state index contributed by atoms with van der Waals surface area (Å²) in [4.78, 5) is 25.9. The molecule has 0 saturated carbocycles. The Balaban J connectivity index is 1.90. The molecular weight excluding hydrogens is 320 g/mol. The number of aliphatic carboxylic acids is 1. The summed E-state index contributed by atoms with van der Waals surface area (Å²) in [5, 5.41) is 17.5. The zero-order valence-electron chi connectivity index (χ0n) is 14.6. The molecule has 1 saturated heterocycles. The van der Waals surface area contributed by atoms with Crippen molar-refractivity contribution in [3.8, 4) is 5.69 Å². The zero-order valence-corrected chi connectivity index (χ0v) is 14.6. The molecule has 2 heterocycles. The Kier molecular flexibility index (Phi) is 4.57. The Hall–Kier alpha value is -2.70. The largest absolute Gasteiger partial charge is 0.481 e. The van der Waals surface area contributed by atoms with Gasteiger partial charge < -0.3 is 10.0 Å². The molecule has 132 valence electrons. The summed E-state index contributed by atoms with van der Waals surface area (Å²) in [5.41, 5.74) is 2.87. The van der Waals surface area contributed by atoms with E-state index in [1.165, 1.54) is 0 Å². The van der Waals surface area contributed by atoms with E-state index < -0.39 is 11.9 Å². The number of carbonyl (C=O) groups excluding carboxylic acids is 1. The number of hydrogen-bond donors (Lipinski definition) is 1. The topological polar surface area (TPSA) is 88.3 Å². The standard InChI is InChI=1S/C18H22N4O3/c1-11-6-4-7-14(10-11)22-13(3)16(19-20-22)17(23)21-9-5-8-15(12(21)2)18(24)25/h4,6-7,10,12,15H,5,8-9H2,1-3H3,(H,24,25)/t12-,15-/m1/s1. The minimum atomic E-state index is -0.856. The van der Waals surface area contributed by atoms with Crippen molar-refractivity contribution in [2.75, 3.05) is 6.54 Å². The summed E-state index contributed by atoms with van der Waals surface area (Å²) in [5.74, 6) is -1.65. The monoisotopic (exact) mass is 342 g/mol. The first-order valence-corrected chi connectivity index (χ1v) is 8.43. The summed E-state index contributed by atoms with van der Waals surface area (Å²) < 4.78 is 1.64. The number of carbonyl (C=O) groups is 2. The van der Waals surface area contributed by atoms with Crippen LogP contribution in [-0.2, 0) is 4.79 Å². The lowest BCUT2D eigenvalue weighted by molar-refractivity contribution is -0.144. The first-order chi connectivity index (χ1) is 11.9. The van der Waals surface area contributed by atoms with Crippen LogP contribution in [0.2, 0.25) is 0 Å². The van der Waals surface area contributed by atoms with Gasteiger partial charge in [0, 0.05) is 12.6 Å². The van der Waals surface area contributed by atoms with Gasteiger partial charge in [-0.1, -0.05) is 17.3 Å². The lowest BCUT2D eigenvalue weighted by Gasteiger charge is -2.37. The predicted octanol–water partition coefficient (Wildman–Crippen LogP) is 2.21. The van der Waals surface area contributed by atoms with Crippen LogP contribution in [0.15, 0.2) is 24.3 Å². The first-order valence-electron chi connectivity index (χ1n) is 8.43. The normalized spacial score (nSPS) is 20.5. The van der Waals surface area contributed by atoms with Crippen LogP contribution in [0.4, 0.5) is 0 Å². The number of likely N-dealkylation sites (tertiary alicyclic amines) is 1. The van der Waals surface area contributed by atoms with Crippen molar-refractivity contribution in [2.45, 2.75) is 39.7 Å². The zero-order chi connectivity index (χ0) is 18.1. The Morgan fingerprint density at radius 3 is 2.72 bits per heavy atom. The van der Waals surface area contributed by atoms with Gasteiger partial charge in [0.2, 0.25) is 0 Å². The van der Waals surface area contributed by atoms with Gasteiger partial charge in [0.05, 0.1) is 17.3 Å². The maximum absolute atomic E-state index is 12.9. The number of carboxylic acids is 1. The van der Waals surface area contributed by atoms with Gasteiger partial charge in [-0.15, -0.1) is 5.10 Å². The third-order valence-corrected chi connectivity index (χ3v) is 4.91. The number of nitrogens with zero attached hydrogens (tertiary/aromatic N) is 4. The number of hydrogen-bond acceptors (Lipinski definition) is 4. The van der Waals surface area contributed by atoms with Gasteiger partial charge in [-0.3, -0.25) is 9.59 Å². The fraction of sp³-hybridized carbons (Fsp3) is 0.444. The Labute approximate surface area is 146 Å². The summed E-state index contributed by atoms with van der Waals surface area (Å²) in [6.07, 6.45) is 1.27. The van der Waals surface area contributed by atoms with Crippen molar-refractivity contribution in [2.24, 2.45) is 5.92 Å². The van der Waals surface area contributed by atoms with E-state index in [2.05, 4.69) is 10.3 Å². The van der Waals surface area contributed by atoms with E-state index in [1.807, 2.05) is 31.2 Å². The Morgan fingerprint density at radius 2 is 2.04 bits per heavy atom. The second-order valence-corrected chi connectivity index (χ2v) is 6.60. The molecule has 25 heavy (non-hydrogen) atoms. The summed E-state index contributed by atoms with van der Waals surface area (Å²) in [6, 6.07) is 7.44. The van der Waals surface area contributed by atoms with Gasteiger partial charge in [0.25, 0.3) is 5.91 Å². The molecular formula is C18H22N4O3. The summed E-state index contributed by atoms with van der Waals surface area (Å²) >= 11 is 0. The number of amides is 1. The molecule has 0 aliphatic carbocycles. The highest BCUT2D eigenvalue weighted by molar-refractivity contribution is 5.94. The fourth-order valence-electron chi connectivity index (χ4n) is 3.43. The van der Waals surface area contributed by atoms with Crippen LogP contribution in [0, 0.1) is 19.8 Å². The molecule has 1 aliphatic rings. The van der Waals surface area contributed by atoms with Crippen LogP contribution in [-0.4, -0.2) is 49.5 Å². The number of aryl methyl sites for hydroxylation is 1. The lowest BCUT2D eigenvalue weighted by atomic mass is 9.90. The maximum atomic E-state index is 12.9. The summed E-state index contributed by atoms with van der Waals surface area (Å²) in [6.45, 7) is 6.12. The highest BCUT2D eigenvalue weighted by Gasteiger charge is 2.37. The van der Waals surface area contributed by atoms with E-state index in [0.717, 1.165) is 11.3 Å². The molecule has 2 aromatic rings. The average molecular weight is 342 g/mol. The van der Waals surface area contributed by atoms with E-state index >= 15 is 0 Å². The molecule has 1 fully saturated rings. The highest BCUT2D eigenvalue weighted by atomic mass is 16.4. The van der Waals surface area contributed by atoms with Crippen molar-refractivity contribution >= 4 is 11.9 Å². The minimum absolute atomic E-state index is 0.255. The molecule has 0 unspecified atom stereocenters. The second-order valence-electron chi connectivity index (χ2n) is 6.60. The van der Waals surface area contributed by atoms with Crippen molar-refractivity contribution in [3.05, 3.63) is 41.2 Å². The lowest BCUT2D eigenvalue weighted by Crippen LogP contribution is -2.49. The fourth-order valence-corrected chi connectivity index (χ4v) is 3.43. The van der Waals surface area contributed by atoms with Crippen molar-refractivity contribution in [3.63, 3.8) is 0 Å². The van der Waals surface area contributed by atoms with Crippen LogP contribution < -0.4 is 0 Å². The highest BCUT2D eigenvalue weighted by Crippen LogP contribution is 2.26. The molecule has 1 aliphatic heterocycles. The van der Waals surface area contributed by atoms with E-state index in [4.69, 9.17) is 0 Å². The van der Waals surface area contributed by atoms with Crippen LogP contribution >= 0.6 is 0 Å². The summed E-state index contributed by atoms with van der Waals surface area (Å²) in [7, 11) is 0. The SMILES string of the molecule is Cc1cccc(-n2nnc(C(=O)N3CCC[C@@H](C(=O)O)[C@H]3C)c2C)c1. The minimum Gasteiger partial charge on any atom is -0.481 e. The quantitative estimate of drug-likeness (QED) is 0.924. The van der Waals surface area contributed by atoms with Gasteiger partial charge >= 0.3 is 5.97 Å². The third kappa shape index (κ3) is 3.14. The first kappa shape index (κ1) is 17.1. The van der Waals surface area contributed by atoms with Gasteiger partial charge in [-0.2, -0.15) is 0 Å². The molecule has 1 amide bonds. The van der Waals surface area contributed by atoms with Crippen molar-refractivity contribution in [1.29, 1.82) is 0 Å². The molecule has 2 atom stereocenters. The molecule has 1 aromatic carbocycles.